The summed E-state index contributed by atoms with van der Waals surface area (Å²) in [6.45, 7) is 0.394. The van der Waals surface area contributed by atoms with Crippen LogP contribution in [-0.2, 0) is 6.54 Å². The number of benzene rings is 1. The Morgan fingerprint density at radius 1 is 1.26 bits per heavy atom. The summed E-state index contributed by atoms with van der Waals surface area (Å²) in [5.74, 6) is 0.787. The van der Waals surface area contributed by atoms with Crippen molar-refractivity contribution < 1.29 is 5.11 Å². The molecule has 3 aromatic rings. The monoisotopic (exact) mass is 275 g/mol. The zero-order chi connectivity index (χ0) is 13.2. The Labute approximate surface area is 113 Å². The summed E-state index contributed by atoms with van der Waals surface area (Å²) >= 11 is 5.89. The van der Waals surface area contributed by atoms with Crippen LogP contribution >= 0.6 is 11.6 Å². The van der Waals surface area contributed by atoms with E-state index in [9.17, 15) is 5.11 Å². The van der Waals surface area contributed by atoms with Gasteiger partial charge in [-0.15, -0.1) is 0 Å². The van der Waals surface area contributed by atoms with Gasteiger partial charge < -0.3 is 15.4 Å². The summed E-state index contributed by atoms with van der Waals surface area (Å²) in [4.78, 5) is 15.2. The highest BCUT2D eigenvalue weighted by Crippen LogP contribution is 2.23. The van der Waals surface area contributed by atoms with Crippen molar-refractivity contribution in [1.82, 2.24) is 19.9 Å². The Hall–Kier alpha value is -2.34. The van der Waals surface area contributed by atoms with Gasteiger partial charge in [0, 0.05) is 17.1 Å². The van der Waals surface area contributed by atoms with Gasteiger partial charge in [-0.1, -0.05) is 11.6 Å². The third-order valence-electron chi connectivity index (χ3n) is 2.71. The van der Waals surface area contributed by atoms with E-state index in [0.717, 1.165) is 0 Å². The second kappa shape index (κ2) is 4.74. The number of halogens is 1. The normalized spacial score (nSPS) is 10.8. The van der Waals surface area contributed by atoms with Gasteiger partial charge in [-0.25, -0.2) is 15.0 Å². The van der Waals surface area contributed by atoms with Crippen molar-refractivity contribution in [3.8, 4) is 5.75 Å². The minimum atomic E-state index is 0.184. The first-order chi connectivity index (χ1) is 9.24. The molecule has 0 atom stereocenters. The van der Waals surface area contributed by atoms with Gasteiger partial charge in [0.15, 0.2) is 11.5 Å². The number of H-pyrrole nitrogens is 1. The number of anilines is 1. The molecule has 0 radical (unpaired) electrons. The van der Waals surface area contributed by atoms with E-state index < -0.39 is 0 Å². The Morgan fingerprint density at radius 3 is 3.05 bits per heavy atom. The van der Waals surface area contributed by atoms with Crippen LogP contribution in [0.2, 0.25) is 5.02 Å². The SMILES string of the molecule is Oc1ccc(Cl)cc1CNc1ncnc2[nH]cnc12. The Bertz CT molecular complexity index is 727. The Balaban J connectivity index is 1.86. The van der Waals surface area contributed by atoms with Crippen LogP contribution in [0, 0.1) is 0 Å². The molecule has 0 saturated carbocycles. The van der Waals surface area contributed by atoms with Crippen molar-refractivity contribution in [3.05, 3.63) is 41.4 Å². The molecule has 0 fully saturated rings. The number of nitrogens with one attached hydrogen (secondary N) is 2. The van der Waals surface area contributed by atoms with Crippen molar-refractivity contribution in [3.63, 3.8) is 0 Å². The van der Waals surface area contributed by atoms with E-state index >= 15 is 0 Å². The van der Waals surface area contributed by atoms with Gasteiger partial charge in [0.2, 0.25) is 0 Å². The largest absolute Gasteiger partial charge is 0.508 e. The molecule has 0 amide bonds. The highest BCUT2D eigenvalue weighted by Gasteiger charge is 2.07. The predicted molar refractivity (Wildman–Crippen MR) is 72.1 cm³/mol. The predicted octanol–water partition coefficient (Wildman–Crippen LogP) is 2.32. The van der Waals surface area contributed by atoms with Crippen LogP contribution in [0.4, 0.5) is 5.82 Å². The highest BCUT2D eigenvalue weighted by atomic mass is 35.5. The fraction of sp³-hybridized carbons (Fsp3) is 0.0833. The number of rotatable bonds is 3. The quantitative estimate of drug-likeness (QED) is 0.683. The Kier molecular flexibility index (Phi) is 2.92. The molecule has 3 N–H and O–H groups in total. The van der Waals surface area contributed by atoms with Crippen LogP contribution in [0.1, 0.15) is 5.56 Å². The number of nitrogens with zero attached hydrogens (tertiary/aromatic N) is 3. The van der Waals surface area contributed by atoms with Crippen molar-refractivity contribution >= 4 is 28.6 Å². The van der Waals surface area contributed by atoms with Gasteiger partial charge in [0.25, 0.3) is 0 Å². The van der Waals surface area contributed by atoms with E-state index in [0.29, 0.717) is 34.1 Å². The average Bonchev–Trinajstić information content (AvgIpc) is 2.88. The lowest BCUT2D eigenvalue weighted by Crippen LogP contribution is -2.02. The van der Waals surface area contributed by atoms with Crippen LogP contribution in [0.15, 0.2) is 30.9 Å². The summed E-state index contributed by atoms with van der Waals surface area (Å²) in [7, 11) is 0. The maximum atomic E-state index is 9.73. The number of hydrogen-bond acceptors (Lipinski definition) is 5. The van der Waals surface area contributed by atoms with E-state index in [1.807, 2.05) is 0 Å². The molecule has 0 saturated heterocycles. The van der Waals surface area contributed by atoms with E-state index in [2.05, 4.69) is 25.3 Å². The number of aromatic nitrogens is 4. The first kappa shape index (κ1) is 11.7. The zero-order valence-corrected chi connectivity index (χ0v) is 10.5. The molecule has 1 aromatic carbocycles. The fourth-order valence-corrected chi connectivity index (χ4v) is 1.96. The lowest BCUT2D eigenvalue weighted by Gasteiger charge is -2.08. The van der Waals surface area contributed by atoms with Crippen LogP contribution in [0.5, 0.6) is 5.75 Å². The number of imidazole rings is 1. The highest BCUT2D eigenvalue weighted by molar-refractivity contribution is 6.30. The number of phenols is 1. The van der Waals surface area contributed by atoms with E-state index in [1.54, 1.807) is 24.5 Å². The van der Waals surface area contributed by atoms with Gasteiger partial charge in [-0.05, 0) is 18.2 Å². The van der Waals surface area contributed by atoms with Crippen molar-refractivity contribution in [2.24, 2.45) is 0 Å². The summed E-state index contributed by atoms with van der Waals surface area (Å²) in [6, 6.07) is 4.90. The minimum absolute atomic E-state index is 0.184. The third-order valence-corrected chi connectivity index (χ3v) is 2.94. The standard InChI is InChI=1S/C12H10ClN5O/c13-8-1-2-9(19)7(3-8)4-14-11-10-12(16-5-15-10)18-6-17-11/h1-3,5-6,19H,4H2,(H2,14,15,16,17,18). The van der Waals surface area contributed by atoms with Gasteiger partial charge in [0.05, 0.1) is 6.33 Å². The molecule has 0 unspecified atom stereocenters. The average molecular weight is 276 g/mol. The molecule has 6 nitrogen and oxygen atoms in total. The molecular weight excluding hydrogens is 266 g/mol. The summed E-state index contributed by atoms with van der Waals surface area (Å²) in [6.07, 6.45) is 3.00. The third kappa shape index (κ3) is 2.30. The van der Waals surface area contributed by atoms with Crippen LogP contribution in [-0.4, -0.2) is 25.0 Å². The van der Waals surface area contributed by atoms with Gasteiger partial charge in [0.1, 0.15) is 17.6 Å². The molecule has 0 aliphatic heterocycles. The van der Waals surface area contributed by atoms with E-state index in [-0.39, 0.29) is 5.75 Å². The molecule has 19 heavy (non-hydrogen) atoms. The van der Waals surface area contributed by atoms with Crippen LogP contribution in [0.3, 0.4) is 0 Å². The maximum Gasteiger partial charge on any atom is 0.162 e. The van der Waals surface area contributed by atoms with E-state index in [4.69, 9.17) is 11.6 Å². The summed E-state index contributed by atoms with van der Waals surface area (Å²) in [5, 5.41) is 13.4. The van der Waals surface area contributed by atoms with Crippen molar-refractivity contribution in [2.45, 2.75) is 6.54 Å². The van der Waals surface area contributed by atoms with Crippen LogP contribution < -0.4 is 5.32 Å². The molecule has 2 aromatic heterocycles. The maximum absolute atomic E-state index is 9.73. The van der Waals surface area contributed by atoms with Crippen molar-refractivity contribution in [2.75, 3.05) is 5.32 Å². The number of hydrogen-bond donors (Lipinski definition) is 3. The Morgan fingerprint density at radius 2 is 2.16 bits per heavy atom. The first-order valence-electron chi connectivity index (χ1n) is 5.59. The smallest absolute Gasteiger partial charge is 0.162 e. The van der Waals surface area contributed by atoms with Gasteiger partial charge >= 0.3 is 0 Å². The topological polar surface area (TPSA) is 86.7 Å². The molecule has 96 valence electrons. The van der Waals surface area contributed by atoms with Crippen LogP contribution in [0.25, 0.3) is 11.2 Å². The number of aromatic amines is 1. The van der Waals surface area contributed by atoms with Gasteiger partial charge in [-0.3, -0.25) is 0 Å². The minimum Gasteiger partial charge on any atom is -0.508 e. The fourth-order valence-electron chi connectivity index (χ4n) is 1.77. The van der Waals surface area contributed by atoms with Crippen molar-refractivity contribution in [1.29, 1.82) is 0 Å². The summed E-state index contributed by atoms with van der Waals surface area (Å²) < 4.78 is 0. The number of fused-ring (bicyclic) bond motifs is 1. The molecule has 7 heteroatoms. The van der Waals surface area contributed by atoms with E-state index in [1.165, 1.54) is 6.33 Å². The molecule has 0 aliphatic rings. The molecule has 2 heterocycles. The number of phenolic OH excluding ortho intramolecular Hbond substituents is 1. The summed E-state index contributed by atoms with van der Waals surface area (Å²) in [5.41, 5.74) is 2.01. The second-order valence-corrected chi connectivity index (χ2v) is 4.39. The molecular formula is C12H10ClN5O. The second-order valence-electron chi connectivity index (χ2n) is 3.95. The number of aromatic hydroxyl groups is 1. The molecule has 0 aliphatic carbocycles. The van der Waals surface area contributed by atoms with Gasteiger partial charge in [-0.2, -0.15) is 0 Å². The lowest BCUT2D eigenvalue weighted by atomic mass is 10.2. The molecule has 0 spiro atoms. The zero-order valence-electron chi connectivity index (χ0n) is 9.76. The molecule has 3 rings (SSSR count). The first-order valence-corrected chi connectivity index (χ1v) is 5.97. The lowest BCUT2D eigenvalue weighted by molar-refractivity contribution is 0.469. The molecule has 0 bridgehead atoms.